The van der Waals surface area contributed by atoms with Gasteiger partial charge in [-0.15, -0.1) is 11.3 Å². The smallest absolute Gasteiger partial charge is 0.177 e. The fourth-order valence-corrected chi connectivity index (χ4v) is 3.10. The monoisotopic (exact) mass is 292 g/mol. The second-order valence-electron chi connectivity index (χ2n) is 4.86. The molecule has 0 fully saturated rings. The standard InChI is InChI=1S/C16H12N4S/c1-2-10-5-13-16(17-8-10)20-15(19-13)7-11-3-4-12-14(6-11)21-9-18-12/h2-6,8-9H,1,7H2,(H,17,19,20). The molecule has 4 nitrogen and oxygen atoms in total. The summed E-state index contributed by atoms with van der Waals surface area (Å²) in [6.07, 6.45) is 4.32. The first-order chi connectivity index (χ1) is 10.3. The third-order valence-corrected chi connectivity index (χ3v) is 4.20. The van der Waals surface area contributed by atoms with Crippen LogP contribution in [0.1, 0.15) is 17.0 Å². The minimum absolute atomic E-state index is 0.745. The molecule has 21 heavy (non-hydrogen) atoms. The van der Waals surface area contributed by atoms with Crippen LogP contribution in [-0.2, 0) is 6.42 Å². The number of aromatic nitrogens is 4. The number of hydrogen-bond donors (Lipinski definition) is 1. The molecule has 4 aromatic rings. The lowest BCUT2D eigenvalue weighted by Gasteiger charge is -1.97. The molecule has 4 rings (SSSR count). The largest absolute Gasteiger partial charge is 0.340 e. The van der Waals surface area contributed by atoms with Gasteiger partial charge in [-0.1, -0.05) is 18.7 Å². The maximum absolute atomic E-state index is 4.54. The fourth-order valence-electron chi connectivity index (χ4n) is 2.36. The zero-order chi connectivity index (χ0) is 14.2. The molecule has 0 saturated heterocycles. The maximum Gasteiger partial charge on any atom is 0.177 e. The Morgan fingerprint density at radius 3 is 3.10 bits per heavy atom. The lowest BCUT2D eigenvalue weighted by Crippen LogP contribution is -1.90. The van der Waals surface area contributed by atoms with Gasteiger partial charge in [-0.25, -0.2) is 15.0 Å². The van der Waals surface area contributed by atoms with E-state index in [9.17, 15) is 0 Å². The average Bonchev–Trinajstić information content (AvgIpc) is 3.11. The molecular formula is C16H12N4S. The van der Waals surface area contributed by atoms with Gasteiger partial charge in [-0.3, -0.25) is 0 Å². The number of H-pyrrole nitrogens is 1. The van der Waals surface area contributed by atoms with Crippen LogP contribution in [0, 0.1) is 0 Å². The van der Waals surface area contributed by atoms with E-state index in [0.717, 1.165) is 34.5 Å². The van der Waals surface area contributed by atoms with E-state index < -0.39 is 0 Å². The van der Waals surface area contributed by atoms with E-state index in [4.69, 9.17) is 0 Å². The Kier molecular flexibility index (Phi) is 2.79. The Balaban J connectivity index is 1.70. The summed E-state index contributed by atoms with van der Waals surface area (Å²) in [4.78, 5) is 16.5. The first-order valence-corrected chi connectivity index (χ1v) is 7.49. The van der Waals surface area contributed by atoms with E-state index in [1.54, 1.807) is 23.6 Å². The first kappa shape index (κ1) is 12.2. The molecule has 3 heterocycles. The minimum atomic E-state index is 0.745. The molecule has 0 aliphatic carbocycles. The molecule has 0 atom stereocenters. The molecule has 0 unspecified atom stereocenters. The van der Waals surface area contributed by atoms with E-state index in [1.165, 1.54) is 10.3 Å². The van der Waals surface area contributed by atoms with Gasteiger partial charge < -0.3 is 4.98 Å². The summed E-state index contributed by atoms with van der Waals surface area (Å²) in [6.45, 7) is 3.76. The van der Waals surface area contributed by atoms with Crippen LogP contribution in [0.4, 0.5) is 0 Å². The van der Waals surface area contributed by atoms with Crippen molar-refractivity contribution in [3.63, 3.8) is 0 Å². The number of nitrogens with zero attached hydrogens (tertiary/aromatic N) is 3. The van der Waals surface area contributed by atoms with E-state index >= 15 is 0 Å². The number of thiazole rings is 1. The quantitative estimate of drug-likeness (QED) is 0.625. The molecule has 3 aromatic heterocycles. The molecule has 0 spiro atoms. The molecule has 102 valence electrons. The summed E-state index contributed by atoms with van der Waals surface area (Å²) < 4.78 is 1.20. The van der Waals surface area contributed by atoms with Crippen LogP contribution < -0.4 is 0 Å². The molecule has 0 bridgehead atoms. The Bertz CT molecular complexity index is 951. The van der Waals surface area contributed by atoms with Crippen molar-refractivity contribution in [2.75, 3.05) is 0 Å². The third-order valence-electron chi connectivity index (χ3n) is 3.41. The van der Waals surface area contributed by atoms with Crippen molar-refractivity contribution in [2.45, 2.75) is 6.42 Å². The summed E-state index contributed by atoms with van der Waals surface area (Å²) in [7, 11) is 0. The Morgan fingerprint density at radius 2 is 2.19 bits per heavy atom. The number of benzene rings is 1. The van der Waals surface area contributed by atoms with Crippen LogP contribution in [0.5, 0.6) is 0 Å². The number of pyridine rings is 1. The molecule has 0 amide bonds. The second kappa shape index (κ2) is 4.79. The van der Waals surface area contributed by atoms with Crippen molar-refractivity contribution in [1.29, 1.82) is 0 Å². The van der Waals surface area contributed by atoms with Gasteiger partial charge in [0, 0.05) is 12.6 Å². The van der Waals surface area contributed by atoms with Gasteiger partial charge in [0.1, 0.15) is 5.82 Å². The molecular weight excluding hydrogens is 280 g/mol. The van der Waals surface area contributed by atoms with Gasteiger partial charge >= 0.3 is 0 Å². The highest BCUT2D eigenvalue weighted by atomic mass is 32.1. The van der Waals surface area contributed by atoms with Crippen LogP contribution in [0.15, 0.2) is 42.6 Å². The van der Waals surface area contributed by atoms with Crippen molar-refractivity contribution in [2.24, 2.45) is 0 Å². The number of aromatic amines is 1. The molecule has 1 N–H and O–H groups in total. The normalized spacial score (nSPS) is 11.2. The van der Waals surface area contributed by atoms with Crippen LogP contribution in [0.2, 0.25) is 0 Å². The van der Waals surface area contributed by atoms with Gasteiger partial charge in [0.05, 0.1) is 21.2 Å². The molecule has 0 radical (unpaired) electrons. The summed E-state index contributed by atoms with van der Waals surface area (Å²) in [6, 6.07) is 8.33. The van der Waals surface area contributed by atoms with Crippen molar-refractivity contribution in [3.8, 4) is 0 Å². The van der Waals surface area contributed by atoms with Crippen LogP contribution in [-0.4, -0.2) is 19.9 Å². The topological polar surface area (TPSA) is 54.5 Å². The van der Waals surface area contributed by atoms with Crippen LogP contribution in [0.3, 0.4) is 0 Å². The van der Waals surface area contributed by atoms with E-state index in [0.29, 0.717) is 0 Å². The summed E-state index contributed by atoms with van der Waals surface area (Å²) in [5.41, 5.74) is 6.82. The fraction of sp³-hybridized carbons (Fsp3) is 0.0625. The molecule has 0 saturated carbocycles. The Morgan fingerprint density at radius 1 is 1.24 bits per heavy atom. The van der Waals surface area contributed by atoms with E-state index in [-0.39, 0.29) is 0 Å². The zero-order valence-electron chi connectivity index (χ0n) is 11.2. The number of nitrogens with one attached hydrogen (secondary N) is 1. The van der Waals surface area contributed by atoms with Crippen molar-refractivity contribution >= 4 is 38.8 Å². The van der Waals surface area contributed by atoms with E-state index in [1.807, 2.05) is 11.6 Å². The van der Waals surface area contributed by atoms with Gasteiger partial charge in [-0.2, -0.15) is 0 Å². The highest BCUT2D eigenvalue weighted by Crippen LogP contribution is 2.21. The summed E-state index contributed by atoms with van der Waals surface area (Å²) >= 11 is 1.66. The first-order valence-electron chi connectivity index (χ1n) is 6.61. The lowest BCUT2D eigenvalue weighted by molar-refractivity contribution is 1.04. The Hall–Kier alpha value is -2.53. The number of imidazole rings is 1. The summed E-state index contributed by atoms with van der Waals surface area (Å²) in [5.74, 6) is 0.919. The zero-order valence-corrected chi connectivity index (χ0v) is 12.0. The van der Waals surface area contributed by atoms with Crippen molar-refractivity contribution in [3.05, 3.63) is 59.5 Å². The minimum Gasteiger partial charge on any atom is -0.340 e. The van der Waals surface area contributed by atoms with Crippen LogP contribution in [0.25, 0.3) is 27.5 Å². The van der Waals surface area contributed by atoms with Gasteiger partial charge in [0.2, 0.25) is 0 Å². The van der Waals surface area contributed by atoms with Crippen molar-refractivity contribution < 1.29 is 0 Å². The third kappa shape index (κ3) is 2.21. The van der Waals surface area contributed by atoms with Crippen LogP contribution >= 0.6 is 11.3 Å². The maximum atomic E-state index is 4.54. The highest BCUT2D eigenvalue weighted by Gasteiger charge is 2.06. The predicted octanol–water partition coefficient (Wildman–Crippen LogP) is 3.80. The number of fused-ring (bicyclic) bond motifs is 2. The number of hydrogen-bond acceptors (Lipinski definition) is 4. The summed E-state index contributed by atoms with van der Waals surface area (Å²) in [5, 5.41) is 0. The molecule has 5 heteroatoms. The number of rotatable bonds is 3. The lowest BCUT2D eigenvalue weighted by atomic mass is 10.1. The molecule has 0 aliphatic heterocycles. The van der Waals surface area contributed by atoms with E-state index in [2.05, 4.69) is 44.7 Å². The SMILES string of the molecule is C=Cc1cnc2nc(Cc3ccc4ncsc4c3)[nH]c2c1. The highest BCUT2D eigenvalue weighted by molar-refractivity contribution is 7.16. The second-order valence-corrected chi connectivity index (χ2v) is 5.75. The average molecular weight is 292 g/mol. The van der Waals surface area contributed by atoms with Gasteiger partial charge in [0.15, 0.2) is 5.65 Å². The molecule has 1 aromatic carbocycles. The molecule has 0 aliphatic rings. The van der Waals surface area contributed by atoms with Crippen molar-refractivity contribution in [1.82, 2.24) is 19.9 Å². The van der Waals surface area contributed by atoms with Gasteiger partial charge in [-0.05, 0) is 29.3 Å². The van der Waals surface area contributed by atoms with Gasteiger partial charge in [0.25, 0.3) is 0 Å². The predicted molar refractivity (Wildman–Crippen MR) is 86.4 cm³/mol. The Labute approximate surface area is 125 Å².